The lowest BCUT2D eigenvalue weighted by molar-refractivity contribution is -0.142. The first-order chi connectivity index (χ1) is 13.0. The van der Waals surface area contributed by atoms with E-state index >= 15 is 0 Å². The third-order valence-corrected chi connectivity index (χ3v) is 5.10. The van der Waals surface area contributed by atoms with Crippen LogP contribution >= 0.6 is 11.6 Å². The number of allylic oxidation sites excluding steroid dienone is 3. The number of benzene rings is 1. The highest BCUT2D eigenvalue weighted by Gasteiger charge is 2.38. The number of ether oxygens (including phenoxy) is 1. The van der Waals surface area contributed by atoms with Gasteiger partial charge in [0.1, 0.15) is 5.82 Å². The Morgan fingerprint density at radius 2 is 2.04 bits per heavy atom. The summed E-state index contributed by atoms with van der Waals surface area (Å²) in [7, 11) is 1.82. The van der Waals surface area contributed by atoms with Gasteiger partial charge in [-0.3, -0.25) is 0 Å². The van der Waals surface area contributed by atoms with Gasteiger partial charge in [-0.2, -0.15) is 5.26 Å². The Morgan fingerprint density at radius 3 is 2.54 bits per heavy atom. The second-order valence-corrected chi connectivity index (χ2v) is 8.53. The highest BCUT2D eigenvalue weighted by Crippen LogP contribution is 2.44. The first kappa shape index (κ1) is 22.0. The van der Waals surface area contributed by atoms with Crippen LogP contribution in [0.5, 0.6) is 0 Å². The summed E-state index contributed by atoms with van der Waals surface area (Å²) < 4.78 is 19.2. The van der Waals surface area contributed by atoms with Crippen molar-refractivity contribution in [3.8, 4) is 6.07 Å². The zero-order valence-corrected chi connectivity index (χ0v) is 17.9. The third kappa shape index (κ3) is 4.39. The molecular formula is C22H26ClFN2O2. The van der Waals surface area contributed by atoms with Gasteiger partial charge < -0.3 is 9.64 Å². The van der Waals surface area contributed by atoms with Crippen LogP contribution in [0, 0.1) is 22.6 Å². The number of carbonyl (C=O) groups excluding carboxylic acids is 1. The van der Waals surface area contributed by atoms with E-state index in [4.69, 9.17) is 16.3 Å². The SMILES string of the molecule is CCC1=C(C(=O)OCC(C)(C)C)C(c2ccc(F)cc2Cl)C(C#N)=C(C)N1C. The van der Waals surface area contributed by atoms with Gasteiger partial charge in [0.05, 0.1) is 29.7 Å². The Kier molecular flexibility index (Phi) is 6.56. The van der Waals surface area contributed by atoms with Crippen LogP contribution in [-0.2, 0) is 9.53 Å². The topological polar surface area (TPSA) is 53.3 Å². The van der Waals surface area contributed by atoms with Crippen molar-refractivity contribution in [3.05, 3.63) is 57.1 Å². The quantitative estimate of drug-likeness (QED) is 0.616. The molecule has 28 heavy (non-hydrogen) atoms. The molecule has 0 bridgehead atoms. The Balaban J connectivity index is 2.68. The Labute approximate surface area is 171 Å². The number of nitrogens with zero attached hydrogens (tertiary/aromatic N) is 2. The fourth-order valence-electron chi connectivity index (χ4n) is 3.30. The first-order valence-electron chi connectivity index (χ1n) is 9.21. The Morgan fingerprint density at radius 1 is 1.39 bits per heavy atom. The smallest absolute Gasteiger partial charge is 0.336 e. The number of esters is 1. The number of hydrogen-bond acceptors (Lipinski definition) is 4. The summed E-state index contributed by atoms with van der Waals surface area (Å²) in [5, 5.41) is 10.0. The van der Waals surface area contributed by atoms with E-state index in [0.717, 1.165) is 11.4 Å². The standard InChI is InChI=1S/C22H26ClFN2O2/c1-7-18-20(21(27)28-12-22(3,4)5)19(16(11-25)13(2)26(18)6)15-9-8-14(24)10-17(15)23/h8-10,19H,7,12H2,1-6H3. The number of carbonyl (C=O) groups is 1. The summed E-state index contributed by atoms with van der Waals surface area (Å²) in [6, 6.07) is 6.23. The van der Waals surface area contributed by atoms with Crippen LogP contribution in [0.4, 0.5) is 4.39 Å². The van der Waals surface area contributed by atoms with Crippen molar-refractivity contribution in [3.63, 3.8) is 0 Å². The molecule has 1 atom stereocenters. The van der Waals surface area contributed by atoms with Gasteiger partial charge in [-0.1, -0.05) is 45.4 Å². The van der Waals surface area contributed by atoms with Crippen molar-refractivity contribution in [2.45, 2.75) is 47.0 Å². The molecule has 0 radical (unpaired) electrons. The van der Waals surface area contributed by atoms with E-state index in [1.54, 1.807) is 0 Å². The second kappa shape index (κ2) is 8.36. The second-order valence-electron chi connectivity index (χ2n) is 8.12. The molecular weight excluding hydrogens is 379 g/mol. The third-order valence-electron chi connectivity index (χ3n) is 4.77. The summed E-state index contributed by atoms with van der Waals surface area (Å²) in [5.74, 6) is -1.65. The fraction of sp³-hybridized carbons (Fsp3) is 0.455. The lowest BCUT2D eigenvalue weighted by atomic mass is 9.79. The number of nitriles is 1. The van der Waals surface area contributed by atoms with Crippen LogP contribution in [0.1, 0.15) is 52.5 Å². The molecule has 150 valence electrons. The van der Waals surface area contributed by atoms with Crippen molar-refractivity contribution in [1.29, 1.82) is 5.26 Å². The lowest BCUT2D eigenvalue weighted by Gasteiger charge is -2.36. The maximum atomic E-state index is 13.6. The van der Waals surface area contributed by atoms with Gasteiger partial charge in [0.15, 0.2) is 0 Å². The fourth-order valence-corrected chi connectivity index (χ4v) is 3.58. The van der Waals surface area contributed by atoms with Crippen molar-refractivity contribution >= 4 is 17.6 Å². The van der Waals surface area contributed by atoms with E-state index in [1.165, 1.54) is 18.2 Å². The highest BCUT2D eigenvalue weighted by molar-refractivity contribution is 6.31. The van der Waals surface area contributed by atoms with Crippen molar-refractivity contribution in [2.24, 2.45) is 5.41 Å². The summed E-state index contributed by atoms with van der Waals surface area (Å²) in [5.41, 5.74) is 2.59. The monoisotopic (exact) mass is 404 g/mol. The maximum Gasteiger partial charge on any atom is 0.336 e. The molecule has 4 nitrogen and oxygen atoms in total. The molecule has 1 aliphatic rings. The van der Waals surface area contributed by atoms with Crippen LogP contribution in [0.3, 0.4) is 0 Å². The molecule has 0 aromatic heterocycles. The minimum atomic E-state index is -0.697. The molecule has 0 aliphatic carbocycles. The molecule has 1 aromatic carbocycles. The molecule has 0 saturated carbocycles. The van der Waals surface area contributed by atoms with E-state index in [1.807, 2.05) is 46.6 Å². The van der Waals surface area contributed by atoms with E-state index in [0.29, 0.717) is 23.1 Å². The van der Waals surface area contributed by atoms with E-state index in [2.05, 4.69) is 6.07 Å². The molecule has 0 amide bonds. The molecule has 2 rings (SSSR count). The number of rotatable bonds is 4. The van der Waals surface area contributed by atoms with Gasteiger partial charge in [0.25, 0.3) is 0 Å². The zero-order valence-electron chi connectivity index (χ0n) is 17.2. The van der Waals surface area contributed by atoms with E-state index in [-0.39, 0.29) is 17.0 Å². The largest absolute Gasteiger partial charge is 0.462 e. The predicted molar refractivity (Wildman–Crippen MR) is 108 cm³/mol. The minimum absolute atomic E-state index is 0.173. The Bertz CT molecular complexity index is 891. The van der Waals surface area contributed by atoms with Crippen LogP contribution in [-0.4, -0.2) is 24.5 Å². The molecule has 1 aliphatic heterocycles. The number of hydrogen-bond donors (Lipinski definition) is 0. The van der Waals surface area contributed by atoms with Crippen LogP contribution in [0.15, 0.2) is 40.7 Å². The highest BCUT2D eigenvalue weighted by atomic mass is 35.5. The van der Waals surface area contributed by atoms with Crippen molar-refractivity contribution in [2.75, 3.05) is 13.7 Å². The molecule has 1 heterocycles. The molecule has 6 heteroatoms. The van der Waals surface area contributed by atoms with Crippen LogP contribution in [0.25, 0.3) is 0 Å². The molecule has 0 N–H and O–H groups in total. The molecule has 0 fully saturated rings. The lowest BCUT2D eigenvalue weighted by Crippen LogP contribution is -2.32. The molecule has 0 saturated heterocycles. The zero-order chi connectivity index (χ0) is 21.2. The predicted octanol–water partition coefficient (Wildman–Crippen LogP) is 5.56. The summed E-state index contributed by atoms with van der Waals surface area (Å²) in [6.45, 7) is 9.93. The molecule has 1 aromatic rings. The minimum Gasteiger partial charge on any atom is -0.462 e. The summed E-state index contributed by atoms with van der Waals surface area (Å²) in [4.78, 5) is 15.0. The molecule has 1 unspecified atom stereocenters. The van der Waals surface area contributed by atoms with Crippen LogP contribution in [0.2, 0.25) is 5.02 Å². The van der Waals surface area contributed by atoms with E-state index in [9.17, 15) is 14.4 Å². The normalized spacial score (nSPS) is 17.7. The van der Waals surface area contributed by atoms with Gasteiger partial charge in [0, 0.05) is 23.5 Å². The van der Waals surface area contributed by atoms with Gasteiger partial charge in [-0.15, -0.1) is 0 Å². The van der Waals surface area contributed by atoms with Gasteiger partial charge in [-0.25, -0.2) is 9.18 Å². The van der Waals surface area contributed by atoms with Crippen LogP contribution < -0.4 is 0 Å². The summed E-state index contributed by atoms with van der Waals surface area (Å²) in [6.07, 6.45) is 0.571. The number of halogens is 2. The van der Waals surface area contributed by atoms with E-state index < -0.39 is 17.7 Å². The van der Waals surface area contributed by atoms with Crippen molar-refractivity contribution < 1.29 is 13.9 Å². The van der Waals surface area contributed by atoms with Gasteiger partial charge >= 0.3 is 5.97 Å². The average molecular weight is 405 g/mol. The van der Waals surface area contributed by atoms with Gasteiger partial charge in [0.2, 0.25) is 0 Å². The van der Waals surface area contributed by atoms with Crippen molar-refractivity contribution in [1.82, 2.24) is 4.90 Å². The maximum absolute atomic E-state index is 13.6. The first-order valence-corrected chi connectivity index (χ1v) is 9.59. The summed E-state index contributed by atoms with van der Waals surface area (Å²) >= 11 is 6.32. The molecule has 0 spiro atoms. The Hall–Kier alpha value is -2.32. The average Bonchev–Trinajstić information content (AvgIpc) is 2.61. The van der Waals surface area contributed by atoms with Gasteiger partial charge in [-0.05, 0) is 36.5 Å².